The van der Waals surface area contributed by atoms with Crippen LogP contribution in [-0.2, 0) is 6.18 Å². The summed E-state index contributed by atoms with van der Waals surface area (Å²) >= 11 is 0. The maximum Gasteiger partial charge on any atom is 0.416 e. The topological polar surface area (TPSA) is 38.8 Å². The van der Waals surface area contributed by atoms with Gasteiger partial charge in [-0.3, -0.25) is 14.6 Å². The van der Waals surface area contributed by atoms with E-state index in [-0.39, 0.29) is 23.3 Å². The first kappa shape index (κ1) is 25.0. The van der Waals surface area contributed by atoms with Crippen LogP contribution in [-0.4, -0.2) is 74.1 Å². The minimum Gasteiger partial charge on any atom is -0.369 e. The molecule has 6 rings (SSSR count). The van der Waals surface area contributed by atoms with Gasteiger partial charge < -0.3 is 10.2 Å². The molecule has 4 aliphatic rings. The summed E-state index contributed by atoms with van der Waals surface area (Å²) < 4.78 is 51.5. The third kappa shape index (κ3) is 5.67. The lowest BCUT2D eigenvalue weighted by atomic mass is 9.75. The summed E-state index contributed by atoms with van der Waals surface area (Å²) in [5.41, 5.74) is 0.564. The van der Waals surface area contributed by atoms with Crippen LogP contribution in [0.25, 0.3) is 0 Å². The SMILES string of the molecule is O=C(NCC1CC2CCN1CC2CN1CCN(c2ccc(F)cc2)CC1)c1ccc(C(F)(F)F)cc1. The molecule has 4 fully saturated rings. The molecule has 4 aliphatic heterocycles. The van der Waals surface area contributed by atoms with Gasteiger partial charge in [-0.05, 0) is 79.8 Å². The Labute approximate surface area is 209 Å². The molecule has 36 heavy (non-hydrogen) atoms. The van der Waals surface area contributed by atoms with Crippen molar-refractivity contribution in [3.63, 3.8) is 0 Å². The van der Waals surface area contributed by atoms with Gasteiger partial charge in [-0.25, -0.2) is 4.39 Å². The normalized spacial score (nSPS) is 26.7. The van der Waals surface area contributed by atoms with Gasteiger partial charge in [0.15, 0.2) is 0 Å². The van der Waals surface area contributed by atoms with Crippen molar-refractivity contribution in [1.29, 1.82) is 0 Å². The van der Waals surface area contributed by atoms with Gasteiger partial charge in [0.25, 0.3) is 5.91 Å². The Morgan fingerprint density at radius 2 is 1.64 bits per heavy atom. The zero-order valence-corrected chi connectivity index (χ0v) is 20.2. The zero-order valence-electron chi connectivity index (χ0n) is 20.2. The second-order valence-electron chi connectivity index (χ2n) is 10.2. The van der Waals surface area contributed by atoms with Gasteiger partial charge in [0.05, 0.1) is 5.56 Å². The van der Waals surface area contributed by atoms with Crippen molar-refractivity contribution < 1.29 is 22.4 Å². The molecular formula is C27H32F4N4O. The van der Waals surface area contributed by atoms with E-state index in [0.717, 1.165) is 70.1 Å². The fourth-order valence-electron chi connectivity index (χ4n) is 5.96. The van der Waals surface area contributed by atoms with Gasteiger partial charge in [0.1, 0.15) is 5.82 Å². The van der Waals surface area contributed by atoms with Crippen molar-refractivity contribution in [1.82, 2.24) is 15.1 Å². The van der Waals surface area contributed by atoms with Crippen LogP contribution in [0.4, 0.5) is 23.2 Å². The minimum absolute atomic E-state index is 0.211. The second-order valence-corrected chi connectivity index (χ2v) is 10.2. The summed E-state index contributed by atoms with van der Waals surface area (Å²) in [6.07, 6.45) is -2.20. The molecule has 4 saturated heterocycles. The standard InChI is InChI=1S/C27H32F4N4O/c28-23-5-7-24(8-6-23)34-13-11-33(12-14-34)17-21-18-35-10-9-20(21)15-25(35)16-32-26(36)19-1-3-22(4-2-19)27(29,30)31/h1-8,20-21,25H,9-18H2,(H,32,36). The summed E-state index contributed by atoms with van der Waals surface area (Å²) in [5, 5.41) is 2.93. The number of nitrogens with one attached hydrogen (secondary N) is 1. The van der Waals surface area contributed by atoms with Gasteiger partial charge in [-0.1, -0.05) is 0 Å². The molecule has 4 unspecified atom stereocenters. The van der Waals surface area contributed by atoms with Crippen LogP contribution < -0.4 is 10.2 Å². The van der Waals surface area contributed by atoms with E-state index >= 15 is 0 Å². The minimum atomic E-state index is -4.41. The van der Waals surface area contributed by atoms with Crippen LogP contribution in [0.15, 0.2) is 48.5 Å². The van der Waals surface area contributed by atoms with Crippen molar-refractivity contribution >= 4 is 11.6 Å². The van der Waals surface area contributed by atoms with E-state index in [1.807, 2.05) is 12.1 Å². The first-order valence-electron chi connectivity index (χ1n) is 12.7. The molecule has 4 atom stereocenters. The molecule has 9 heteroatoms. The monoisotopic (exact) mass is 504 g/mol. The zero-order chi connectivity index (χ0) is 25.3. The van der Waals surface area contributed by atoms with Crippen molar-refractivity contribution in [2.24, 2.45) is 11.8 Å². The molecular weight excluding hydrogens is 472 g/mol. The third-order valence-electron chi connectivity index (χ3n) is 8.04. The average Bonchev–Trinajstić information content (AvgIpc) is 2.88. The number of anilines is 1. The summed E-state index contributed by atoms with van der Waals surface area (Å²) in [7, 11) is 0. The number of rotatable bonds is 6. The molecule has 0 spiro atoms. The number of amides is 1. The van der Waals surface area contributed by atoms with E-state index in [0.29, 0.717) is 18.4 Å². The number of alkyl halides is 3. The van der Waals surface area contributed by atoms with Crippen molar-refractivity contribution in [2.45, 2.75) is 25.1 Å². The van der Waals surface area contributed by atoms with Gasteiger partial charge in [-0.15, -0.1) is 0 Å². The molecule has 0 aromatic heterocycles. The molecule has 5 nitrogen and oxygen atoms in total. The van der Waals surface area contributed by atoms with Crippen LogP contribution in [0.5, 0.6) is 0 Å². The summed E-state index contributed by atoms with van der Waals surface area (Å²) in [5.74, 6) is 0.690. The van der Waals surface area contributed by atoms with E-state index in [1.165, 1.54) is 30.7 Å². The number of piperidine rings is 3. The highest BCUT2D eigenvalue weighted by molar-refractivity contribution is 5.94. The van der Waals surface area contributed by atoms with E-state index in [2.05, 4.69) is 20.0 Å². The predicted octanol–water partition coefficient (Wildman–Crippen LogP) is 4.11. The summed E-state index contributed by atoms with van der Waals surface area (Å²) in [6.45, 7) is 7.49. The quantitative estimate of drug-likeness (QED) is 0.602. The number of carbonyl (C=O) groups is 1. The maximum atomic E-state index is 13.2. The van der Waals surface area contributed by atoms with Crippen LogP contribution in [0.2, 0.25) is 0 Å². The van der Waals surface area contributed by atoms with Gasteiger partial charge in [-0.2, -0.15) is 13.2 Å². The molecule has 0 aliphatic carbocycles. The van der Waals surface area contributed by atoms with Gasteiger partial charge in [0, 0.05) is 63.1 Å². The Hall–Kier alpha value is -2.65. The Morgan fingerprint density at radius 1 is 0.944 bits per heavy atom. The first-order chi connectivity index (χ1) is 17.3. The van der Waals surface area contributed by atoms with Crippen molar-refractivity contribution in [3.8, 4) is 0 Å². The van der Waals surface area contributed by atoms with Gasteiger partial charge in [0.2, 0.25) is 0 Å². The molecule has 2 aromatic carbocycles. The highest BCUT2D eigenvalue weighted by Crippen LogP contribution is 2.37. The second kappa shape index (κ2) is 10.4. The highest BCUT2D eigenvalue weighted by atomic mass is 19.4. The molecule has 194 valence electrons. The van der Waals surface area contributed by atoms with Crippen molar-refractivity contribution in [2.75, 3.05) is 57.3 Å². The lowest BCUT2D eigenvalue weighted by molar-refractivity contribution is -0.137. The Morgan fingerprint density at radius 3 is 2.25 bits per heavy atom. The largest absolute Gasteiger partial charge is 0.416 e. The molecule has 2 aromatic rings. The number of fused-ring (bicyclic) bond motifs is 3. The molecule has 1 amide bonds. The molecule has 4 heterocycles. The molecule has 2 bridgehead atoms. The molecule has 0 radical (unpaired) electrons. The number of piperazine rings is 1. The average molecular weight is 505 g/mol. The van der Waals surface area contributed by atoms with Crippen LogP contribution in [0, 0.1) is 17.7 Å². The lowest BCUT2D eigenvalue weighted by Gasteiger charge is -2.51. The van der Waals surface area contributed by atoms with Crippen LogP contribution in [0.1, 0.15) is 28.8 Å². The van der Waals surface area contributed by atoms with Gasteiger partial charge >= 0.3 is 6.18 Å². The van der Waals surface area contributed by atoms with E-state index in [9.17, 15) is 22.4 Å². The summed E-state index contributed by atoms with van der Waals surface area (Å²) in [4.78, 5) is 19.8. The number of nitrogens with zero attached hydrogens (tertiary/aromatic N) is 3. The molecule has 0 saturated carbocycles. The first-order valence-corrected chi connectivity index (χ1v) is 12.7. The van der Waals surface area contributed by atoms with Crippen molar-refractivity contribution in [3.05, 3.63) is 65.5 Å². The fraction of sp³-hybridized carbons (Fsp3) is 0.519. The van der Waals surface area contributed by atoms with Crippen LogP contribution in [0.3, 0.4) is 0 Å². The van der Waals surface area contributed by atoms with E-state index in [4.69, 9.17) is 0 Å². The Balaban J connectivity index is 1.08. The number of benzene rings is 2. The number of hydrogen-bond acceptors (Lipinski definition) is 4. The van der Waals surface area contributed by atoms with Crippen LogP contribution >= 0.6 is 0 Å². The number of hydrogen-bond donors (Lipinski definition) is 1. The highest BCUT2D eigenvalue weighted by Gasteiger charge is 2.40. The third-order valence-corrected chi connectivity index (χ3v) is 8.04. The smallest absolute Gasteiger partial charge is 0.369 e. The Bertz CT molecular complexity index is 1040. The predicted molar refractivity (Wildman–Crippen MR) is 130 cm³/mol. The van der Waals surface area contributed by atoms with E-state index < -0.39 is 11.7 Å². The number of halogens is 4. The number of carbonyl (C=O) groups excluding carboxylic acids is 1. The molecule has 1 N–H and O–H groups in total. The van der Waals surface area contributed by atoms with E-state index in [1.54, 1.807) is 0 Å². The summed E-state index contributed by atoms with van der Waals surface area (Å²) in [6, 6.07) is 11.3. The lowest BCUT2D eigenvalue weighted by Crippen LogP contribution is -2.59. The Kier molecular flexibility index (Phi) is 7.21. The fourth-order valence-corrected chi connectivity index (χ4v) is 5.96. The maximum absolute atomic E-state index is 13.2.